The highest BCUT2D eigenvalue weighted by molar-refractivity contribution is 5.09. The lowest BCUT2D eigenvalue weighted by molar-refractivity contribution is -0.129. The highest BCUT2D eigenvalue weighted by atomic mass is 16.3. The van der Waals surface area contributed by atoms with Crippen LogP contribution < -0.4 is 0 Å². The molecule has 0 saturated heterocycles. The zero-order chi connectivity index (χ0) is 17.8. The Morgan fingerprint density at radius 1 is 0.920 bits per heavy atom. The van der Waals surface area contributed by atoms with Gasteiger partial charge in [0.1, 0.15) is 0 Å². The van der Waals surface area contributed by atoms with Gasteiger partial charge in [0, 0.05) is 0 Å². The number of aliphatic hydroxyl groups is 1. The Morgan fingerprint density at radius 2 is 1.64 bits per heavy atom. The molecule has 25 heavy (non-hydrogen) atoms. The monoisotopic (exact) mass is 346 g/mol. The molecule has 9 atom stereocenters. The van der Waals surface area contributed by atoms with Crippen LogP contribution in [0.2, 0.25) is 0 Å². The first-order valence-corrected chi connectivity index (χ1v) is 11.6. The zero-order valence-corrected chi connectivity index (χ0v) is 17.3. The van der Waals surface area contributed by atoms with Crippen molar-refractivity contribution < 1.29 is 5.11 Å². The Hall–Kier alpha value is -0.0400. The van der Waals surface area contributed by atoms with Crippen molar-refractivity contribution in [1.82, 2.24) is 0 Å². The molecule has 1 N–H and O–H groups in total. The van der Waals surface area contributed by atoms with Gasteiger partial charge in [-0.15, -0.1) is 0 Å². The van der Waals surface area contributed by atoms with Crippen molar-refractivity contribution in [2.75, 3.05) is 0 Å². The molecular formula is C24H42O. The molecule has 0 bridgehead atoms. The van der Waals surface area contributed by atoms with E-state index in [2.05, 4.69) is 27.7 Å². The summed E-state index contributed by atoms with van der Waals surface area (Å²) in [4.78, 5) is 0. The van der Waals surface area contributed by atoms with Gasteiger partial charge in [-0.3, -0.25) is 0 Å². The molecule has 1 heteroatoms. The molecule has 0 aliphatic heterocycles. The maximum Gasteiger partial charge on any atom is 0.0543 e. The number of rotatable bonds is 3. The van der Waals surface area contributed by atoms with Gasteiger partial charge in [0.15, 0.2) is 0 Å². The Morgan fingerprint density at radius 3 is 2.40 bits per heavy atom. The normalized spacial score (nSPS) is 53.6. The highest BCUT2D eigenvalue weighted by Gasteiger charge is 2.60. The van der Waals surface area contributed by atoms with E-state index >= 15 is 0 Å². The van der Waals surface area contributed by atoms with Crippen LogP contribution in [0.25, 0.3) is 0 Å². The second-order valence-corrected chi connectivity index (χ2v) is 11.1. The van der Waals surface area contributed by atoms with Crippen molar-refractivity contribution in [3.05, 3.63) is 0 Å². The summed E-state index contributed by atoms with van der Waals surface area (Å²) in [5, 5.41) is 10.2. The van der Waals surface area contributed by atoms with Gasteiger partial charge in [-0.2, -0.15) is 0 Å². The lowest BCUT2D eigenvalue weighted by Gasteiger charge is -2.61. The minimum absolute atomic E-state index is 0.00534. The molecule has 4 aliphatic rings. The van der Waals surface area contributed by atoms with Gasteiger partial charge in [-0.05, 0) is 104 Å². The van der Waals surface area contributed by atoms with E-state index in [1.165, 1.54) is 57.8 Å². The predicted molar refractivity (Wildman–Crippen MR) is 105 cm³/mol. The van der Waals surface area contributed by atoms with Gasteiger partial charge in [0.05, 0.1) is 6.10 Å². The maximum absolute atomic E-state index is 10.2. The molecule has 4 fully saturated rings. The quantitative estimate of drug-likeness (QED) is 0.623. The van der Waals surface area contributed by atoms with Gasteiger partial charge < -0.3 is 5.11 Å². The summed E-state index contributed by atoms with van der Waals surface area (Å²) in [6.07, 6.45) is 15.1. The van der Waals surface area contributed by atoms with Crippen LogP contribution in [0.3, 0.4) is 0 Å². The van der Waals surface area contributed by atoms with Crippen LogP contribution >= 0.6 is 0 Å². The van der Waals surface area contributed by atoms with E-state index in [9.17, 15) is 5.11 Å². The summed E-state index contributed by atoms with van der Waals surface area (Å²) in [6.45, 7) is 10.2. The van der Waals surface area contributed by atoms with Crippen LogP contribution in [0.15, 0.2) is 0 Å². The predicted octanol–water partition coefficient (Wildman–Crippen LogP) is 6.44. The van der Waals surface area contributed by atoms with E-state index in [1.807, 2.05) is 0 Å². The molecular weight excluding hydrogens is 304 g/mol. The third-order valence-corrected chi connectivity index (χ3v) is 10.1. The molecule has 4 saturated carbocycles. The number of fused-ring (bicyclic) bond motifs is 5. The molecule has 0 amide bonds. The van der Waals surface area contributed by atoms with Crippen molar-refractivity contribution in [2.45, 2.75) is 104 Å². The van der Waals surface area contributed by atoms with E-state index in [0.29, 0.717) is 10.8 Å². The topological polar surface area (TPSA) is 20.2 Å². The summed E-state index contributed by atoms with van der Waals surface area (Å²) in [6, 6.07) is 0. The fourth-order valence-electron chi connectivity index (χ4n) is 8.87. The van der Waals surface area contributed by atoms with E-state index in [1.54, 1.807) is 0 Å². The first-order chi connectivity index (χ1) is 11.9. The second-order valence-electron chi connectivity index (χ2n) is 11.1. The van der Waals surface area contributed by atoms with Crippen LogP contribution in [0.5, 0.6) is 0 Å². The van der Waals surface area contributed by atoms with E-state index in [0.717, 1.165) is 48.3 Å². The molecule has 4 aliphatic carbocycles. The Labute approximate surface area is 156 Å². The number of hydrogen-bond acceptors (Lipinski definition) is 1. The molecule has 1 nitrogen and oxygen atoms in total. The Balaban J connectivity index is 1.56. The van der Waals surface area contributed by atoms with Crippen LogP contribution in [-0.2, 0) is 0 Å². The summed E-state index contributed by atoms with van der Waals surface area (Å²) in [5.74, 6) is 5.66. The van der Waals surface area contributed by atoms with Crippen molar-refractivity contribution in [2.24, 2.45) is 46.3 Å². The molecule has 0 aromatic rings. The van der Waals surface area contributed by atoms with Crippen molar-refractivity contribution in [3.63, 3.8) is 0 Å². The average molecular weight is 347 g/mol. The number of aliphatic hydroxyl groups excluding tert-OH is 1. The highest BCUT2D eigenvalue weighted by Crippen LogP contribution is 2.68. The second kappa shape index (κ2) is 6.54. The molecule has 144 valence electrons. The van der Waals surface area contributed by atoms with Crippen molar-refractivity contribution in [1.29, 1.82) is 0 Å². The van der Waals surface area contributed by atoms with Crippen LogP contribution in [0, 0.1) is 46.3 Å². The van der Waals surface area contributed by atoms with E-state index in [4.69, 9.17) is 0 Å². The van der Waals surface area contributed by atoms with E-state index < -0.39 is 0 Å². The van der Waals surface area contributed by atoms with Crippen molar-refractivity contribution in [3.8, 4) is 0 Å². The van der Waals surface area contributed by atoms with Crippen LogP contribution in [0.4, 0.5) is 0 Å². The largest absolute Gasteiger partial charge is 0.393 e. The number of hydrogen-bond donors (Lipinski definition) is 1. The SMILES string of the molecule is CCCC(C)[C@H]1CC[C@H]2[C@@H]3CC[C@@H]4C[C@H](O)CC[C@]4(C)[C@H]3CC[C@]12C. The van der Waals surface area contributed by atoms with E-state index in [-0.39, 0.29) is 6.10 Å². The van der Waals surface area contributed by atoms with Gasteiger partial charge in [-0.25, -0.2) is 0 Å². The third-order valence-electron chi connectivity index (χ3n) is 10.1. The molecule has 1 unspecified atom stereocenters. The van der Waals surface area contributed by atoms with Crippen LogP contribution in [-0.4, -0.2) is 11.2 Å². The average Bonchev–Trinajstić information content (AvgIpc) is 2.93. The first kappa shape index (κ1) is 18.3. The van der Waals surface area contributed by atoms with Gasteiger partial charge in [0.25, 0.3) is 0 Å². The van der Waals surface area contributed by atoms with Gasteiger partial charge >= 0.3 is 0 Å². The zero-order valence-electron chi connectivity index (χ0n) is 17.3. The Bertz CT molecular complexity index is 486. The maximum atomic E-state index is 10.2. The lowest BCUT2D eigenvalue weighted by atomic mass is 9.44. The standard InChI is InChI=1S/C24H42O/c1-5-6-16(2)20-9-10-21-19-8-7-17-15-18(25)11-13-23(17,3)22(19)12-14-24(20,21)4/h16-22,25H,5-15H2,1-4H3/t16?,17-,18-,19+,20-,21+,22+,23+,24-/m1/s1. The minimum atomic E-state index is -0.00534. The molecule has 0 spiro atoms. The van der Waals surface area contributed by atoms with Gasteiger partial charge in [-0.1, -0.05) is 40.5 Å². The molecule has 0 radical (unpaired) electrons. The fourth-order valence-corrected chi connectivity index (χ4v) is 8.87. The smallest absolute Gasteiger partial charge is 0.0543 e. The lowest BCUT2D eigenvalue weighted by Crippen LogP contribution is -2.54. The molecule has 0 aromatic heterocycles. The summed E-state index contributed by atoms with van der Waals surface area (Å²) in [7, 11) is 0. The molecule has 4 rings (SSSR count). The fraction of sp³-hybridized carbons (Fsp3) is 1.00. The summed E-state index contributed by atoms with van der Waals surface area (Å²) >= 11 is 0. The molecule has 0 heterocycles. The first-order valence-electron chi connectivity index (χ1n) is 11.6. The van der Waals surface area contributed by atoms with Crippen LogP contribution in [0.1, 0.15) is 98.3 Å². The summed E-state index contributed by atoms with van der Waals surface area (Å²) < 4.78 is 0. The summed E-state index contributed by atoms with van der Waals surface area (Å²) in [5.41, 5.74) is 1.17. The third kappa shape index (κ3) is 2.74. The molecule has 0 aromatic carbocycles. The van der Waals surface area contributed by atoms with Crippen molar-refractivity contribution >= 4 is 0 Å². The minimum Gasteiger partial charge on any atom is -0.393 e. The Kier molecular flexibility index (Phi) is 4.79. The van der Waals surface area contributed by atoms with Gasteiger partial charge in [0.2, 0.25) is 0 Å².